The lowest BCUT2D eigenvalue weighted by Gasteiger charge is -2.26. The summed E-state index contributed by atoms with van der Waals surface area (Å²) in [4.78, 5) is 1.40. The molecule has 2 nitrogen and oxygen atoms in total. The van der Waals surface area contributed by atoms with Crippen molar-refractivity contribution in [3.63, 3.8) is 0 Å². The second-order valence-corrected chi connectivity index (χ2v) is 4.79. The number of anilines is 1. The summed E-state index contributed by atoms with van der Waals surface area (Å²) in [5.41, 5.74) is -2.47. The molecule has 2 rings (SSSR count). The molecule has 1 atom stereocenters. The highest BCUT2D eigenvalue weighted by molar-refractivity contribution is 9.10. The van der Waals surface area contributed by atoms with Gasteiger partial charge >= 0.3 is 6.18 Å². The number of rotatable bonds is 0. The molecule has 0 amide bonds. The van der Waals surface area contributed by atoms with E-state index in [4.69, 9.17) is 0 Å². The molecule has 0 radical (unpaired) electrons. The summed E-state index contributed by atoms with van der Waals surface area (Å²) in [6, 6.07) is 4.52. The van der Waals surface area contributed by atoms with Crippen molar-refractivity contribution < 1.29 is 18.3 Å². The van der Waals surface area contributed by atoms with E-state index in [1.54, 1.807) is 12.1 Å². The average molecular weight is 296 g/mol. The van der Waals surface area contributed by atoms with E-state index in [0.717, 1.165) is 0 Å². The summed E-state index contributed by atoms with van der Waals surface area (Å²) in [7, 11) is 1.52. The summed E-state index contributed by atoms with van der Waals surface area (Å²) >= 11 is 3.11. The summed E-state index contributed by atoms with van der Waals surface area (Å²) in [5, 5.41) is 9.79. The van der Waals surface area contributed by atoms with Gasteiger partial charge < -0.3 is 10.0 Å². The smallest absolute Gasteiger partial charge is 0.375 e. The highest BCUT2D eigenvalue weighted by Gasteiger charge is 2.59. The van der Waals surface area contributed by atoms with Crippen LogP contribution in [0.2, 0.25) is 0 Å². The maximum atomic E-state index is 12.8. The minimum atomic E-state index is -4.67. The van der Waals surface area contributed by atoms with Gasteiger partial charge in [-0.1, -0.05) is 15.9 Å². The fraction of sp³-hybridized carbons (Fsp3) is 0.400. The van der Waals surface area contributed by atoms with Crippen LogP contribution in [-0.2, 0) is 5.60 Å². The minimum Gasteiger partial charge on any atom is -0.375 e. The van der Waals surface area contributed by atoms with Gasteiger partial charge in [-0.25, -0.2) is 0 Å². The number of hydrogen-bond donors (Lipinski definition) is 1. The first-order valence-corrected chi connectivity index (χ1v) is 5.35. The monoisotopic (exact) mass is 295 g/mol. The Morgan fingerprint density at radius 2 is 2.06 bits per heavy atom. The zero-order valence-corrected chi connectivity index (χ0v) is 9.93. The van der Waals surface area contributed by atoms with Crippen LogP contribution in [-0.4, -0.2) is 24.9 Å². The Morgan fingerprint density at radius 1 is 1.44 bits per heavy atom. The van der Waals surface area contributed by atoms with Gasteiger partial charge in [0.1, 0.15) is 0 Å². The predicted molar refractivity (Wildman–Crippen MR) is 57.4 cm³/mol. The van der Waals surface area contributed by atoms with Crippen molar-refractivity contribution >= 4 is 21.6 Å². The second kappa shape index (κ2) is 3.37. The van der Waals surface area contributed by atoms with Gasteiger partial charge in [-0.2, -0.15) is 13.2 Å². The van der Waals surface area contributed by atoms with Crippen molar-refractivity contribution in [2.75, 3.05) is 18.5 Å². The van der Waals surface area contributed by atoms with Crippen LogP contribution in [0.5, 0.6) is 0 Å². The van der Waals surface area contributed by atoms with Gasteiger partial charge in [0.05, 0.1) is 6.54 Å². The van der Waals surface area contributed by atoms with Gasteiger partial charge in [0.15, 0.2) is 0 Å². The van der Waals surface area contributed by atoms with Crippen LogP contribution in [0.25, 0.3) is 0 Å². The summed E-state index contributed by atoms with van der Waals surface area (Å²) in [5.74, 6) is 0. The van der Waals surface area contributed by atoms with E-state index in [1.165, 1.54) is 18.0 Å². The zero-order chi connectivity index (χ0) is 12.1. The Kier molecular flexibility index (Phi) is 2.47. The molecule has 0 spiro atoms. The number of likely N-dealkylation sites (N-methyl/N-ethyl adjacent to an activating group) is 1. The molecule has 1 aliphatic heterocycles. The Hall–Kier alpha value is -0.750. The molecule has 0 bridgehead atoms. The van der Waals surface area contributed by atoms with E-state index in [-0.39, 0.29) is 5.56 Å². The Balaban J connectivity index is 2.62. The normalized spacial score (nSPS) is 24.8. The number of aliphatic hydroxyl groups is 1. The number of benzene rings is 1. The van der Waals surface area contributed by atoms with Crippen molar-refractivity contribution in [1.82, 2.24) is 0 Å². The first kappa shape index (κ1) is 11.7. The molecular formula is C10H9BrF3NO. The SMILES string of the molecule is CN1CC(O)(C(F)(F)F)c2cc(Br)ccc21. The van der Waals surface area contributed by atoms with Crippen LogP contribution in [0.4, 0.5) is 18.9 Å². The van der Waals surface area contributed by atoms with Crippen LogP contribution in [0.1, 0.15) is 5.56 Å². The molecule has 1 N–H and O–H groups in total. The molecular weight excluding hydrogens is 287 g/mol. The molecule has 88 valence electrons. The molecule has 0 saturated carbocycles. The molecule has 1 aliphatic rings. The van der Waals surface area contributed by atoms with Gasteiger partial charge in [0.2, 0.25) is 5.60 Å². The molecule has 1 heterocycles. The lowest BCUT2D eigenvalue weighted by Crippen LogP contribution is -2.45. The first-order valence-electron chi connectivity index (χ1n) is 4.56. The van der Waals surface area contributed by atoms with Crippen molar-refractivity contribution in [1.29, 1.82) is 0 Å². The van der Waals surface area contributed by atoms with Crippen molar-refractivity contribution in [2.24, 2.45) is 0 Å². The molecule has 0 aromatic heterocycles. The number of halogens is 4. The van der Waals surface area contributed by atoms with Crippen molar-refractivity contribution in [3.8, 4) is 0 Å². The number of alkyl halides is 3. The molecule has 0 saturated heterocycles. The van der Waals surface area contributed by atoms with E-state index in [2.05, 4.69) is 15.9 Å². The molecule has 1 aromatic rings. The maximum Gasteiger partial charge on any atom is 0.423 e. The third-order valence-corrected chi connectivity index (χ3v) is 3.24. The van der Waals surface area contributed by atoms with Crippen molar-refractivity contribution in [3.05, 3.63) is 28.2 Å². The minimum absolute atomic E-state index is 0.100. The summed E-state index contributed by atoms with van der Waals surface area (Å²) in [6.07, 6.45) is -4.67. The first-order chi connectivity index (χ1) is 7.25. The van der Waals surface area contributed by atoms with E-state index in [9.17, 15) is 18.3 Å². The number of hydrogen-bond acceptors (Lipinski definition) is 2. The van der Waals surface area contributed by atoms with Crippen LogP contribution < -0.4 is 4.90 Å². The molecule has 1 aromatic carbocycles. The van der Waals surface area contributed by atoms with Crippen LogP contribution >= 0.6 is 15.9 Å². The van der Waals surface area contributed by atoms with E-state index >= 15 is 0 Å². The topological polar surface area (TPSA) is 23.5 Å². The zero-order valence-electron chi connectivity index (χ0n) is 8.35. The third kappa shape index (κ3) is 1.51. The van der Waals surface area contributed by atoms with Gasteiger partial charge in [0, 0.05) is 22.8 Å². The highest BCUT2D eigenvalue weighted by atomic mass is 79.9. The summed E-state index contributed by atoms with van der Waals surface area (Å²) < 4.78 is 39.0. The van der Waals surface area contributed by atoms with Crippen LogP contribution in [0.3, 0.4) is 0 Å². The summed E-state index contributed by atoms with van der Waals surface area (Å²) in [6.45, 7) is -0.470. The Labute approximate surface area is 98.8 Å². The standard InChI is InChI=1S/C10H9BrF3NO/c1-15-5-9(16,10(12,13)14)7-4-6(11)2-3-8(7)15/h2-4,16H,5H2,1H3. The second-order valence-electron chi connectivity index (χ2n) is 3.88. The molecule has 0 fully saturated rings. The van der Waals surface area contributed by atoms with Gasteiger partial charge in [-0.05, 0) is 18.2 Å². The Morgan fingerprint density at radius 3 is 2.62 bits per heavy atom. The van der Waals surface area contributed by atoms with Gasteiger partial charge in [-0.3, -0.25) is 0 Å². The Bertz CT molecular complexity index is 435. The number of β-amino-alcohol motifs (C(OH)–C–C–N with tert-alkyl or cyclic N) is 1. The third-order valence-electron chi connectivity index (χ3n) is 2.75. The van der Waals surface area contributed by atoms with E-state index in [0.29, 0.717) is 10.2 Å². The maximum absolute atomic E-state index is 12.8. The number of fused-ring (bicyclic) bond motifs is 1. The average Bonchev–Trinajstić information content (AvgIpc) is 2.39. The molecule has 1 unspecified atom stereocenters. The molecule has 6 heteroatoms. The van der Waals surface area contributed by atoms with Crippen molar-refractivity contribution in [2.45, 2.75) is 11.8 Å². The fourth-order valence-electron chi connectivity index (χ4n) is 1.93. The van der Waals surface area contributed by atoms with Crippen LogP contribution in [0, 0.1) is 0 Å². The highest BCUT2D eigenvalue weighted by Crippen LogP contribution is 2.48. The van der Waals surface area contributed by atoms with E-state index < -0.39 is 18.3 Å². The lowest BCUT2D eigenvalue weighted by atomic mass is 9.96. The largest absolute Gasteiger partial charge is 0.423 e. The molecule has 0 aliphatic carbocycles. The predicted octanol–water partition coefficient (Wildman–Crippen LogP) is 2.65. The van der Waals surface area contributed by atoms with Crippen LogP contribution in [0.15, 0.2) is 22.7 Å². The molecule has 16 heavy (non-hydrogen) atoms. The van der Waals surface area contributed by atoms with E-state index in [1.807, 2.05) is 0 Å². The van der Waals surface area contributed by atoms with Gasteiger partial charge in [0.25, 0.3) is 0 Å². The van der Waals surface area contributed by atoms with Gasteiger partial charge in [-0.15, -0.1) is 0 Å². The fourth-order valence-corrected chi connectivity index (χ4v) is 2.29. The number of nitrogens with zero attached hydrogens (tertiary/aromatic N) is 1. The lowest BCUT2D eigenvalue weighted by molar-refractivity contribution is -0.259. The quantitative estimate of drug-likeness (QED) is 0.795.